The van der Waals surface area contributed by atoms with E-state index in [4.69, 9.17) is 17.3 Å². The molecule has 0 aliphatic rings. The van der Waals surface area contributed by atoms with Crippen LogP contribution in [0.3, 0.4) is 0 Å². The Morgan fingerprint density at radius 3 is 2.43 bits per heavy atom. The highest BCUT2D eigenvalue weighted by atomic mass is 35.5. The number of unbranched alkanes of at least 4 members (excludes halogenated alkanes) is 1. The lowest BCUT2D eigenvalue weighted by molar-refractivity contribution is -0.117. The van der Waals surface area contributed by atoms with Crippen LogP contribution in [0.5, 0.6) is 0 Å². The molecule has 21 heavy (non-hydrogen) atoms. The lowest BCUT2D eigenvalue weighted by Crippen LogP contribution is -2.14. The molecule has 1 aromatic rings. The molecule has 0 radical (unpaired) electrons. The van der Waals surface area contributed by atoms with E-state index in [9.17, 15) is 9.59 Å². The van der Waals surface area contributed by atoms with Crippen LogP contribution in [0.15, 0.2) is 18.2 Å². The van der Waals surface area contributed by atoms with Crippen molar-refractivity contribution in [2.24, 2.45) is 5.73 Å². The van der Waals surface area contributed by atoms with Crippen molar-refractivity contribution in [2.75, 3.05) is 17.2 Å². The van der Waals surface area contributed by atoms with Crippen LogP contribution in [0.1, 0.15) is 39.0 Å². The second-order valence-corrected chi connectivity index (χ2v) is 5.19. The molecule has 0 fully saturated rings. The number of hydrogen-bond donors (Lipinski definition) is 3. The molecule has 0 aromatic heterocycles. The van der Waals surface area contributed by atoms with Crippen LogP contribution in [-0.4, -0.2) is 18.4 Å². The summed E-state index contributed by atoms with van der Waals surface area (Å²) in [5.41, 5.74) is 6.51. The molecule has 0 aliphatic heterocycles. The number of anilines is 2. The number of benzene rings is 1. The minimum Gasteiger partial charge on any atom is -0.330 e. The van der Waals surface area contributed by atoms with Gasteiger partial charge in [-0.2, -0.15) is 0 Å². The predicted molar refractivity (Wildman–Crippen MR) is 86.5 cm³/mol. The molecule has 6 heteroatoms. The fourth-order valence-electron chi connectivity index (χ4n) is 1.73. The van der Waals surface area contributed by atoms with Crippen molar-refractivity contribution in [3.05, 3.63) is 23.2 Å². The van der Waals surface area contributed by atoms with Gasteiger partial charge in [-0.3, -0.25) is 9.59 Å². The van der Waals surface area contributed by atoms with Crippen LogP contribution in [0.2, 0.25) is 5.02 Å². The maximum Gasteiger partial charge on any atom is 0.224 e. The maximum absolute atomic E-state index is 11.7. The molecule has 0 heterocycles. The Morgan fingerprint density at radius 2 is 1.81 bits per heavy atom. The summed E-state index contributed by atoms with van der Waals surface area (Å²) < 4.78 is 0. The molecule has 2 amide bonds. The van der Waals surface area contributed by atoms with Crippen LogP contribution in [0.4, 0.5) is 11.4 Å². The van der Waals surface area contributed by atoms with E-state index in [1.165, 1.54) is 0 Å². The summed E-state index contributed by atoms with van der Waals surface area (Å²) >= 11 is 6.11. The third kappa shape index (κ3) is 6.60. The Labute approximate surface area is 130 Å². The van der Waals surface area contributed by atoms with E-state index in [2.05, 4.69) is 10.6 Å². The average molecular weight is 312 g/mol. The number of rotatable bonds is 8. The van der Waals surface area contributed by atoms with Gasteiger partial charge < -0.3 is 16.4 Å². The molecule has 1 rings (SSSR count). The number of carbonyl (C=O) groups excluding carboxylic acids is 2. The van der Waals surface area contributed by atoms with Gasteiger partial charge >= 0.3 is 0 Å². The highest BCUT2D eigenvalue weighted by Crippen LogP contribution is 2.26. The monoisotopic (exact) mass is 311 g/mol. The van der Waals surface area contributed by atoms with Gasteiger partial charge in [0.05, 0.1) is 10.7 Å². The first-order valence-corrected chi connectivity index (χ1v) is 7.54. The summed E-state index contributed by atoms with van der Waals surface area (Å²) in [6.45, 7) is 2.51. The van der Waals surface area contributed by atoms with E-state index < -0.39 is 0 Å². The van der Waals surface area contributed by atoms with Crippen LogP contribution in [-0.2, 0) is 9.59 Å². The molecular weight excluding hydrogens is 290 g/mol. The van der Waals surface area contributed by atoms with E-state index >= 15 is 0 Å². The van der Waals surface area contributed by atoms with E-state index in [0.29, 0.717) is 42.2 Å². The molecular formula is C15H22ClN3O2. The highest BCUT2D eigenvalue weighted by molar-refractivity contribution is 6.34. The summed E-state index contributed by atoms with van der Waals surface area (Å²) in [5.74, 6) is -0.158. The molecule has 116 valence electrons. The van der Waals surface area contributed by atoms with Gasteiger partial charge in [-0.05, 0) is 37.6 Å². The van der Waals surface area contributed by atoms with Gasteiger partial charge in [0.1, 0.15) is 0 Å². The fourth-order valence-corrected chi connectivity index (χ4v) is 1.96. The lowest BCUT2D eigenvalue weighted by Gasteiger charge is -2.10. The fraction of sp³-hybridized carbons (Fsp3) is 0.467. The minimum absolute atomic E-state index is 0.0570. The molecule has 0 unspecified atom stereocenters. The molecule has 0 atom stereocenters. The summed E-state index contributed by atoms with van der Waals surface area (Å²) in [4.78, 5) is 23.2. The Balaban J connectivity index is 2.59. The first-order chi connectivity index (χ1) is 10.1. The number of hydrogen-bond acceptors (Lipinski definition) is 3. The predicted octanol–water partition coefficient (Wildman–Crippen LogP) is 3.15. The number of nitrogens with one attached hydrogen (secondary N) is 2. The summed E-state index contributed by atoms with van der Waals surface area (Å²) in [6, 6.07) is 5.02. The normalized spacial score (nSPS) is 10.2. The van der Waals surface area contributed by atoms with Gasteiger partial charge in [-0.25, -0.2) is 0 Å². The summed E-state index contributed by atoms with van der Waals surface area (Å²) in [7, 11) is 0. The second-order valence-electron chi connectivity index (χ2n) is 4.79. The first-order valence-electron chi connectivity index (χ1n) is 7.16. The standard InChI is InChI=1S/C15H22ClN3O2/c1-2-3-5-15(21)19-13-8-7-11(10-12(13)16)18-14(20)6-4-9-17/h7-8,10H,2-6,9,17H2,1H3,(H,18,20)(H,19,21). The Morgan fingerprint density at radius 1 is 1.14 bits per heavy atom. The van der Waals surface area contributed by atoms with Gasteiger partial charge in [-0.1, -0.05) is 24.9 Å². The molecule has 4 N–H and O–H groups in total. The summed E-state index contributed by atoms with van der Waals surface area (Å²) in [6.07, 6.45) is 3.31. The lowest BCUT2D eigenvalue weighted by atomic mass is 10.2. The van der Waals surface area contributed by atoms with E-state index in [1.54, 1.807) is 18.2 Å². The third-order valence-corrected chi connectivity index (χ3v) is 3.20. The van der Waals surface area contributed by atoms with Crippen molar-refractivity contribution in [1.82, 2.24) is 0 Å². The zero-order chi connectivity index (χ0) is 15.7. The van der Waals surface area contributed by atoms with Crippen molar-refractivity contribution >= 4 is 34.8 Å². The molecule has 1 aromatic carbocycles. The molecule has 0 saturated carbocycles. The number of halogens is 1. The molecule has 5 nitrogen and oxygen atoms in total. The van der Waals surface area contributed by atoms with Crippen LogP contribution < -0.4 is 16.4 Å². The van der Waals surface area contributed by atoms with Crippen molar-refractivity contribution in [3.63, 3.8) is 0 Å². The smallest absolute Gasteiger partial charge is 0.224 e. The maximum atomic E-state index is 11.7. The third-order valence-electron chi connectivity index (χ3n) is 2.89. The molecule has 0 bridgehead atoms. The molecule has 0 aliphatic carbocycles. The van der Waals surface area contributed by atoms with Gasteiger partial charge in [0.2, 0.25) is 11.8 Å². The average Bonchev–Trinajstić information content (AvgIpc) is 2.45. The van der Waals surface area contributed by atoms with Crippen molar-refractivity contribution in [1.29, 1.82) is 0 Å². The van der Waals surface area contributed by atoms with Gasteiger partial charge in [0.25, 0.3) is 0 Å². The van der Waals surface area contributed by atoms with Crippen LogP contribution in [0, 0.1) is 0 Å². The SMILES string of the molecule is CCCCC(=O)Nc1ccc(NC(=O)CCCN)cc1Cl. The minimum atomic E-state index is -0.101. The number of amides is 2. The quantitative estimate of drug-likeness (QED) is 0.689. The summed E-state index contributed by atoms with van der Waals surface area (Å²) in [5, 5.41) is 5.90. The number of nitrogens with two attached hydrogens (primary N) is 1. The van der Waals surface area contributed by atoms with Gasteiger partial charge in [-0.15, -0.1) is 0 Å². The molecule has 0 spiro atoms. The Bertz CT molecular complexity index is 492. The van der Waals surface area contributed by atoms with Crippen LogP contribution >= 0.6 is 11.6 Å². The van der Waals surface area contributed by atoms with E-state index in [1.807, 2.05) is 6.92 Å². The van der Waals surface area contributed by atoms with Crippen LogP contribution in [0.25, 0.3) is 0 Å². The Kier molecular flexibility index (Phi) is 7.79. The second kappa shape index (κ2) is 9.37. The van der Waals surface area contributed by atoms with Crippen molar-refractivity contribution in [3.8, 4) is 0 Å². The first kappa shape index (κ1) is 17.5. The zero-order valence-corrected chi connectivity index (χ0v) is 13.0. The van der Waals surface area contributed by atoms with Crippen molar-refractivity contribution < 1.29 is 9.59 Å². The molecule has 0 saturated heterocycles. The van der Waals surface area contributed by atoms with E-state index in [0.717, 1.165) is 12.8 Å². The Hall–Kier alpha value is -1.59. The van der Waals surface area contributed by atoms with E-state index in [-0.39, 0.29) is 11.8 Å². The zero-order valence-electron chi connectivity index (χ0n) is 12.2. The highest BCUT2D eigenvalue weighted by Gasteiger charge is 2.08. The van der Waals surface area contributed by atoms with Gasteiger partial charge in [0, 0.05) is 18.5 Å². The van der Waals surface area contributed by atoms with Crippen molar-refractivity contribution in [2.45, 2.75) is 39.0 Å². The largest absolute Gasteiger partial charge is 0.330 e. The van der Waals surface area contributed by atoms with Gasteiger partial charge in [0.15, 0.2) is 0 Å². The topological polar surface area (TPSA) is 84.2 Å². The number of carbonyl (C=O) groups is 2.